The first kappa shape index (κ1) is 14.3. The highest BCUT2D eigenvalue weighted by Gasteiger charge is 2.24. The first-order chi connectivity index (χ1) is 10.4. The molecule has 2 heterocycles. The predicted octanol–water partition coefficient (Wildman–Crippen LogP) is 3.83. The van der Waals surface area contributed by atoms with E-state index in [-0.39, 0.29) is 0 Å². The van der Waals surface area contributed by atoms with Gasteiger partial charge in [-0.1, -0.05) is 0 Å². The van der Waals surface area contributed by atoms with Gasteiger partial charge >= 0.3 is 0 Å². The van der Waals surface area contributed by atoms with Gasteiger partial charge in [0, 0.05) is 30.6 Å². The first-order valence-corrected chi connectivity index (χ1v) is 7.10. The minimum atomic E-state index is -0.436. The minimum Gasteiger partial charge on any atom is -0.464 e. The Morgan fingerprint density at radius 3 is 2.55 bits per heavy atom. The summed E-state index contributed by atoms with van der Waals surface area (Å²) in [5.74, 6) is -0.866. The smallest absolute Gasteiger partial charge is 0.230 e. The van der Waals surface area contributed by atoms with Crippen LogP contribution >= 0.6 is 0 Å². The van der Waals surface area contributed by atoms with E-state index in [0.717, 1.165) is 33.5 Å². The molecule has 112 valence electrons. The Hall–Kier alpha value is -2.62. The van der Waals surface area contributed by atoms with E-state index in [2.05, 4.69) is 0 Å². The molecule has 0 spiro atoms. The fourth-order valence-electron chi connectivity index (χ4n) is 3.01. The maximum absolute atomic E-state index is 12.2. The van der Waals surface area contributed by atoms with Crippen molar-refractivity contribution in [1.29, 1.82) is 0 Å². The van der Waals surface area contributed by atoms with Gasteiger partial charge in [-0.2, -0.15) is 0 Å². The van der Waals surface area contributed by atoms with E-state index in [9.17, 15) is 9.59 Å². The molecule has 0 bridgehead atoms. The Kier molecular flexibility index (Phi) is 3.24. The van der Waals surface area contributed by atoms with Crippen LogP contribution in [0, 0.1) is 13.8 Å². The molecule has 0 saturated heterocycles. The number of ketones is 2. The SMILES string of the molecule is CC(=O)C(=O)c1c(C)c(-c2ccc3occc3c2)n(C)c1C. The highest BCUT2D eigenvalue weighted by Crippen LogP contribution is 2.32. The number of carbonyl (C=O) groups excluding carboxylic acids is 2. The third kappa shape index (κ3) is 1.99. The summed E-state index contributed by atoms with van der Waals surface area (Å²) in [6.07, 6.45) is 1.66. The third-order valence-corrected chi connectivity index (χ3v) is 4.20. The second kappa shape index (κ2) is 4.98. The first-order valence-electron chi connectivity index (χ1n) is 7.10. The van der Waals surface area contributed by atoms with E-state index in [4.69, 9.17) is 4.42 Å². The van der Waals surface area contributed by atoms with Crippen LogP contribution in [0.5, 0.6) is 0 Å². The van der Waals surface area contributed by atoms with Crippen molar-refractivity contribution in [2.24, 2.45) is 7.05 Å². The number of aromatic nitrogens is 1. The average Bonchev–Trinajstić information content (AvgIpc) is 3.02. The molecular formula is C18H17NO3. The number of fused-ring (bicyclic) bond motifs is 1. The van der Waals surface area contributed by atoms with Crippen molar-refractivity contribution >= 4 is 22.5 Å². The molecule has 1 aromatic carbocycles. The standard InChI is InChI=1S/C18H17NO3/c1-10-16(18(21)12(3)20)11(2)19(4)17(10)14-5-6-15-13(9-14)7-8-22-15/h5-9H,1-4H3. The largest absolute Gasteiger partial charge is 0.464 e. The highest BCUT2D eigenvalue weighted by molar-refractivity contribution is 6.43. The van der Waals surface area contributed by atoms with Crippen LogP contribution in [0.2, 0.25) is 0 Å². The second-order valence-electron chi connectivity index (χ2n) is 5.55. The molecule has 4 heteroatoms. The van der Waals surface area contributed by atoms with E-state index in [0.29, 0.717) is 5.56 Å². The Morgan fingerprint density at radius 2 is 1.86 bits per heavy atom. The molecule has 0 radical (unpaired) electrons. The molecule has 3 aromatic rings. The van der Waals surface area contributed by atoms with Gasteiger partial charge in [-0.25, -0.2) is 0 Å². The van der Waals surface area contributed by atoms with Gasteiger partial charge in [0.2, 0.25) is 5.78 Å². The summed E-state index contributed by atoms with van der Waals surface area (Å²) in [6.45, 7) is 5.06. The lowest BCUT2D eigenvalue weighted by Gasteiger charge is -2.06. The van der Waals surface area contributed by atoms with Crippen molar-refractivity contribution < 1.29 is 14.0 Å². The Bertz CT molecular complexity index is 912. The van der Waals surface area contributed by atoms with Crippen molar-refractivity contribution in [2.45, 2.75) is 20.8 Å². The van der Waals surface area contributed by atoms with Crippen LogP contribution in [0.15, 0.2) is 34.9 Å². The molecule has 0 amide bonds. The number of carbonyl (C=O) groups is 2. The van der Waals surface area contributed by atoms with Crippen LogP contribution in [0.4, 0.5) is 0 Å². The molecule has 0 aliphatic rings. The normalized spacial score (nSPS) is 11.1. The van der Waals surface area contributed by atoms with Crippen LogP contribution in [0.25, 0.3) is 22.2 Å². The summed E-state index contributed by atoms with van der Waals surface area (Å²) in [4.78, 5) is 23.7. The topological polar surface area (TPSA) is 52.2 Å². The molecule has 0 fully saturated rings. The van der Waals surface area contributed by atoms with Crippen molar-refractivity contribution in [3.8, 4) is 11.3 Å². The molecule has 0 aliphatic carbocycles. The molecule has 22 heavy (non-hydrogen) atoms. The predicted molar refractivity (Wildman–Crippen MR) is 85.1 cm³/mol. The lowest BCUT2D eigenvalue weighted by Crippen LogP contribution is -2.11. The van der Waals surface area contributed by atoms with Gasteiger partial charge in [0.05, 0.1) is 12.0 Å². The summed E-state index contributed by atoms with van der Waals surface area (Å²) in [7, 11) is 1.91. The Labute approximate surface area is 128 Å². The van der Waals surface area contributed by atoms with Crippen molar-refractivity contribution in [3.63, 3.8) is 0 Å². The summed E-state index contributed by atoms with van der Waals surface area (Å²) in [5, 5.41) is 1.01. The van der Waals surface area contributed by atoms with Gasteiger partial charge in [-0.05, 0) is 49.2 Å². The zero-order valence-electron chi connectivity index (χ0n) is 13.1. The van der Waals surface area contributed by atoms with E-state index in [1.807, 2.05) is 49.7 Å². The maximum Gasteiger partial charge on any atom is 0.230 e. The summed E-state index contributed by atoms with van der Waals surface area (Å²) >= 11 is 0. The van der Waals surface area contributed by atoms with Gasteiger partial charge in [0.25, 0.3) is 0 Å². The Balaban J connectivity index is 2.25. The van der Waals surface area contributed by atoms with Crippen molar-refractivity contribution in [3.05, 3.63) is 47.3 Å². The van der Waals surface area contributed by atoms with Crippen molar-refractivity contribution in [1.82, 2.24) is 4.57 Å². The van der Waals surface area contributed by atoms with Crippen molar-refractivity contribution in [2.75, 3.05) is 0 Å². The van der Waals surface area contributed by atoms with Crippen LogP contribution in [-0.2, 0) is 11.8 Å². The zero-order valence-corrected chi connectivity index (χ0v) is 13.1. The van der Waals surface area contributed by atoms with E-state index in [1.54, 1.807) is 6.26 Å². The van der Waals surface area contributed by atoms with Gasteiger partial charge in [0.15, 0.2) is 5.78 Å². The molecule has 0 unspecified atom stereocenters. The molecule has 0 saturated carbocycles. The number of nitrogens with zero attached hydrogens (tertiary/aromatic N) is 1. The van der Waals surface area contributed by atoms with E-state index < -0.39 is 11.6 Å². The fourth-order valence-corrected chi connectivity index (χ4v) is 3.01. The number of hydrogen-bond acceptors (Lipinski definition) is 3. The summed E-state index contributed by atoms with van der Waals surface area (Å²) in [6, 6.07) is 7.82. The fraction of sp³-hybridized carbons (Fsp3) is 0.222. The van der Waals surface area contributed by atoms with Gasteiger partial charge in [-0.15, -0.1) is 0 Å². The number of furan rings is 1. The molecule has 0 aliphatic heterocycles. The molecule has 2 aromatic heterocycles. The Morgan fingerprint density at radius 1 is 1.14 bits per heavy atom. The monoisotopic (exact) mass is 295 g/mol. The molecule has 4 nitrogen and oxygen atoms in total. The minimum absolute atomic E-state index is 0.429. The molecule has 0 N–H and O–H groups in total. The highest BCUT2D eigenvalue weighted by atomic mass is 16.3. The van der Waals surface area contributed by atoms with Gasteiger partial charge in [-0.3, -0.25) is 9.59 Å². The number of benzene rings is 1. The number of rotatable bonds is 3. The molecular weight excluding hydrogens is 278 g/mol. The third-order valence-electron chi connectivity index (χ3n) is 4.20. The number of hydrogen-bond donors (Lipinski definition) is 0. The summed E-state index contributed by atoms with van der Waals surface area (Å²) in [5.41, 5.74) is 4.93. The van der Waals surface area contributed by atoms with Crippen LogP contribution in [0.1, 0.15) is 28.5 Å². The summed E-state index contributed by atoms with van der Waals surface area (Å²) < 4.78 is 7.33. The lowest BCUT2D eigenvalue weighted by atomic mass is 10.0. The van der Waals surface area contributed by atoms with Crippen LogP contribution in [-0.4, -0.2) is 16.1 Å². The molecule has 3 rings (SSSR count). The van der Waals surface area contributed by atoms with Gasteiger partial charge < -0.3 is 8.98 Å². The van der Waals surface area contributed by atoms with E-state index in [1.165, 1.54) is 6.92 Å². The number of Topliss-reactive ketones (excluding diaryl/α,β-unsaturated/α-hetero) is 2. The maximum atomic E-state index is 12.2. The van der Waals surface area contributed by atoms with Crippen LogP contribution < -0.4 is 0 Å². The lowest BCUT2D eigenvalue weighted by molar-refractivity contribution is -0.113. The van der Waals surface area contributed by atoms with Crippen LogP contribution in [0.3, 0.4) is 0 Å². The average molecular weight is 295 g/mol. The quantitative estimate of drug-likeness (QED) is 0.545. The van der Waals surface area contributed by atoms with Gasteiger partial charge in [0.1, 0.15) is 5.58 Å². The van der Waals surface area contributed by atoms with E-state index >= 15 is 0 Å². The zero-order chi connectivity index (χ0) is 16.0. The second-order valence-corrected chi connectivity index (χ2v) is 5.55. The molecule has 0 atom stereocenters.